The summed E-state index contributed by atoms with van der Waals surface area (Å²) in [6.45, 7) is 14.2. The van der Waals surface area contributed by atoms with Gasteiger partial charge in [-0.3, -0.25) is 4.90 Å². The van der Waals surface area contributed by atoms with E-state index >= 15 is 4.39 Å². The number of nitrogens with one attached hydrogen (secondary N) is 1. The van der Waals surface area contributed by atoms with Gasteiger partial charge >= 0.3 is 6.09 Å². The monoisotopic (exact) mass is 522 g/mol. The first-order valence-electron chi connectivity index (χ1n) is 14.4. The van der Waals surface area contributed by atoms with E-state index in [0.717, 1.165) is 91.7 Å². The van der Waals surface area contributed by atoms with Crippen LogP contribution in [0.15, 0.2) is 24.3 Å². The number of hydrogen-bond donors (Lipinski definition) is 1. The van der Waals surface area contributed by atoms with Gasteiger partial charge in [-0.05, 0) is 122 Å². The average molecular weight is 523 g/mol. The van der Waals surface area contributed by atoms with Crippen molar-refractivity contribution in [3.05, 3.63) is 52.3 Å². The molecule has 3 aliphatic heterocycles. The highest BCUT2D eigenvalue weighted by Crippen LogP contribution is 2.45. The summed E-state index contributed by atoms with van der Waals surface area (Å²) in [5.74, 6) is 1.08. The molecule has 3 fully saturated rings. The minimum absolute atomic E-state index is 0.0526. The van der Waals surface area contributed by atoms with Crippen LogP contribution in [-0.2, 0) is 11.2 Å². The Hall–Kier alpha value is -2.60. The molecular formula is C32H43FN2O3. The molecule has 3 heterocycles. The number of carbonyl (C=O) groups is 1. The number of fused-ring (bicyclic) bond motifs is 4. The van der Waals surface area contributed by atoms with Crippen molar-refractivity contribution in [2.45, 2.75) is 85.3 Å². The zero-order valence-corrected chi connectivity index (χ0v) is 23.7. The highest BCUT2D eigenvalue weighted by atomic mass is 19.1. The summed E-state index contributed by atoms with van der Waals surface area (Å²) in [4.78, 5) is 15.4. The fraction of sp³-hybridized carbons (Fsp3) is 0.594. The number of ether oxygens (including phenoxy) is 2. The van der Waals surface area contributed by atoms with Crippen LogP contribution in [0.4, 0.5) is 9.18 Å². The van der Waals surface area contributed by atoms with Crippen LogP contribution >= 0.6 is 0 Å². The summed E-state index contributed by atoms with van der Waals surface area (Å²) in [5.41, 5.74) is 5.24. The summed E-state index contributed by atoms with van der Waals surface area (Å²) in [6.07, 6.45) is 5.59. The first kappa shape index (κ1) is 27.0. The standard InChI is InChI=1S/C32H43FN2O3/c1-6-7-14-37-29-20(2)15-24(16-21(29)3)25-17-23-8-11-32(4,5)30(26(23)18-27(25)33)34-31(36)38-28-19-35-12-9-22(28)10-13-35/h15-18,22,28,30H,6-14,19H2,1-5H3,(H,34,36)/t28-,30-/m0/s1. The maximum Gasteiger partial charge on any atom is 0.407 e. The molecule has 2 atom stereocenters. The maximum absolute atomic E-state index is 15.7. The lowest BCUT2D eigenvalue weighted by molar-refractivity contribution is -0.0353. The second kappa shape index (κ2) is 10.9. The number of amides is 1. The van der Waals surface area contributed by atoms with Gasteiger partial charge in [-0.25, -0.2) is 9.18 Å². The fourth-order valence-electron chi connectivity index (χ4n) is 6.62. The molecule has 1 N–H and O–H groups in total. The third-order valence-electron chi connectivity index (χ3n) is 8.99. The van der Waals surface area contributed by atoms with E-state index in [1.807, 2.05) is 32.0 Å². The molecule has 1 aliphatic carbocycles. The van der Waals surface area contributed by atoms with E-state index in [1.54, 1.807) is 6.07 Å². The molecule has 6 heteroatoms. The lowest BCUT2D eigenvalue weighted by atomic mass is 9.70. The smallest absolute Gasteiger partial charge is 0.407 e. The Labute approximate surface area is 227 Å². The molecule has 0 unspecified atom stereocenters. The topological polar surface area (TPSA) is 50.8 Å². The number of unbranched alkanes of at least 4 members (excludes halogenated alkanes) is 1. The Bertz CT molecular complexity index is 1160. The average Bonchev–Trinajstić information content (AvgIpc) is 2.88. The number of halogens is 1. The van der Waals surface area contributed by atoms with E-state index in [4.69, 9.17) is 9.47 Å². The summed E-state index contributed by atoms with van der Waals surface area (Å²) in [5, 5.41) is 3.15. The van der Waals surface area contributed by atoms with Crippen molar-refractivity contribution in [3.63, 3.8) is 0 Å². The molecule has 6 rings (SSSR count). The summed E-state index contributed by atoms with van der Waals surface area (Å²) in [7, 11) is 0. The molecule has 0 saturated carbocycles. The van der Waals surface area contributed by atoms with E-state index in [0.29, 0.717) is 18.1 Å². The summed E-state index contributed by atoms with van der Waals surface area (Å²) in [6, 6.07) is 7.36. The normalized spacial score (nSPS) is 25.5. The van der Waals surface area contributed by atoms with E-state index < -0.39 is 0 Å². The molecule has 4 aliphatic rings. The van der Waals surface area contributed by atoms with E-state index in [2.05, 4.69) is 31.0 Å². The fourth-order valence-corrected chi connectivity index (χ4v) is 6.62. The number of rotatable bonds is 7. The number of nitrogens with zero attached hydrogens (tertiary/aromatic N) is 1. The molecule has 2 aromatic carbocycles. The third kappa shape index (κ3) is 5.42. The predicted molar refractivity (Wildman–Crippen MR) is 149 cm³/mol. The molecule has 3 saturated heterocycles. The van der Waals surface area contributed by atoms with Gasteiger partial charge in [0.2, 0.25) is 0 Å². The second-order valence-corrected chi connectivity index (χ2v) is 12.3. The number of alkyl carbamates (subject to hydrolysis) is 1. The molecule has 206 valence electrons. The van der Waals surface area contributed by atoms with Gasteiger partial charge in [0.25, 0.3) is 0 Å². The lowest BCUT2D eigenvalue weighted by Gasteiger charge is -2.44. The van der Waals surface area contributed by atoms with E-state index in [9.17, 15) is 4.79 Å². The van der Waals surface area contributed by atoms with Crippen LogP contribution in [0.1, 0.15) is 81.2 Å². The van der Waals surface area contributed by atoms with E-state index in [-0.39, 0.29) is 29.5 Å². The first-order chi connectivity index (χ1) is 18.2. The zero-order chi connectivity index (χ0) is 27.0. The second-order valence-electron chi connectivity index (χ2n) is 12.3. The van der Waals surface area contributed by atoms with Crippen LogP contribution in [0.2, 0.25) is 0 Å². The number of carbonyl (C=O) groups excluding carboxylic acids is 1. The van der Waals surface area contributed by atoms with Crippen molar-refractivity contribution >= 4 is 6.09 Å². The zero-order valence-electron chi connectivity index (χ0n) is 23.7. The van der Waals surface area contributed by atoms with Crippen LogP contribution in [-0.4, -0.2) is 43.3 Å². The molecule has 38 heavy (non-hydrogen) atoms. The molecule has 0 spiro atoms. The van der Waals surface area contributed by atoms with Gasteiger partial charge in [0, 0.05) is 12.1 Å². The minimum Gasteiger partial charge on any atom is -0.493 e. The molecule has 0 radical (unpaired) electrons. The van der Waals surface area contributed by atoms with Crippen molar-refractivity contribution in [1.29, 1.82) is 0 Å². The Morgan fingerprint density at radius 3 is 2.47 bits per heavy atom. The van der Waals surface area contributed by atoms with Crippen molar-refractivity contribution < 1.29 is 18.7 Å². The molecule has 2 aromatic rings. The van der Waals surface area contributed by atoms with Crippen LogP contribution in [0.25, 0.3) is 11.1 Å². The third-order valence-corrected chi connectivity index (χ3v) is 8.99. The van der Waals surface area contributed by atoms with Gasteiger partial charge in [0.1, 0.15) is 17.7 Å². The molecule has 5 nitrogen and oxygen atoms in total. The van der Waals surface area contributed by atoms with Gasteiger partial charge in [-0.2, -0.15) is 0 Å². The largest absolute Gasteiger partial charge is 0.493 e. The summed E-state index contributed by atoms with van der Waals surface area (Å²) < 4.78 is 27.7. The molecule has 1 amide bonds. The van der Waals surface area contributed by atoms with Crippen molar-refractivity contribution in [1.82, 2.24) is 10.2 Å². The summed E-state index contributed by atoms with van der Waals surface area (Å²) >= 11 is 0. The molecule has 2 bridgehead atoms. The molecule has 0 aromatic heterocycles. The van der Waals surface area contributed by atoms with Crippen LogP contribution in [0, 0.1) is 31.0 Å². The lowest BCUT2D eigenvalue weighted by Crippen LogP contribution is -2.53. The van der Waals surface area contributed by atoms with Gasteiger partial charge in [-0.15, -0.1) is 0 Å². The van der Waals surface area contributed by atoms with Gasteiger partial charge in [0.15, 0.2) is 0 Å². The number of aryl methyl sites for hydroxylation is 3. The Balaban J connectivity index is 1.38. The molecular weight excluding hydrogens is 479 g/mol. The van der Waals surface area contributed by atoms with Gasteiger partial charge in [-0.1, -0.05) is 27.2 Å². The van der Waals surface area contributed by atoms with Crippen LogP contribution in [0.5, 0.6) is 5.75 Å². The quantitative estimate of drug-likeness (QED) is 0.393. The van der Waals surface area contributed by atoms with Crippen LogP contribution in [0.3, 0.4) is 0 Å². The number of hydrogen-bond acceptors (Lipinski definition) is 4. The van der Waals surface area contributed by atoms with Crippen molar-refractivity contribution in [2.75, 3.05) is 26.2 Å². The van der Waals surface area contributed by atoms with Crippen molar-refractivity contribution in [2.24, 2.45) is 11.3 Å². The maximum atomic E-state index is 15.7. The van der Waals surface area contributed by atoms with Gasteiger partial charge in [0.05, 0.1) is 12.6 Å². The number of piperidine rings is 3. The van der Waals surface area contributed by atoms with Crippen molar-refractivity contribution in [3.8, 4) is 16.9 Å². The first-order valence-corrected chi connectivity index (χ1v) is 14.4. The SMILES string of the molecule is CCCCOc1c(C)cc(-c2cc3c(cc2F)[C@H](NC(=O)O[C@H]2CN4CCC2CC4)C(C)(C)CC3)cc1C. The minimum atomic E-state index is -0.385. The highest BCUT2D eigenvalue weighted by Gasteiger charge is 2.40. The number of benzene rings is 2. The van der Waals surface area contributed by atoms with E-state index in [1.165, 1.54) is 0 Å². The highest BCUT2D eigenvalue weighted by molar-refractivity contribution is 5.71. The van der Waals surface area contributed by atoms with Gasteiger partial charge < -0.3 is 14.8 Å². The predicted octanol–water partition coefficient (Wildman–Crippen LogP) is 7.12. The Kier molecular flexibility index (Phi) is 7.72. The Morgan fingerprint density at radius 1 is 1.13 bits per heavy atom. The van der Waals surface area contributed by atoms with Crippen LogP contribution < -0.4 is 10.1 Å². The Morgan fingerprint density at radius 2 is 1.84 bits per heavy atom.